The average molecular weight is 552 g/mol. The highest BCUT2D eigenvalue weighted by atomic mass is 19.4. The number of ether oxygens (including phenoxy) is 2. The number of benzene rings is 2. The number of halogens is 3. The van der Waals surface area contributed by atoms with Gasteiger partial charge in [0, 0.05) is 30.8 Å². The molecule has 40 heavy (non-hydrogen) atoms. The van der Waals surface area contributed by atoms with Crippen LogP contribution in [-0.4, -0.2) is 34.3 Å². The minimum absolute atomic E-state index is 0.0504. The van der Waals surface area contributed by atoms with Crippen molar-refractivity contribution in [2.45, 2.75) is 33.2 Å². The van der Waals surface area contributed by atoms with Crippen LogP contribution in [0.1, 0.15) is 30.5 Å². The smallest absolute Gasteiger partial charge is 0.422 e. The zero-order chi connectivity index (χ0) is 28.0. The molecule has 2 aromatic carbocycles. The highest BCUT2D eigenvalue weighted by Gasteiger charge is 2.44. The molecule has 2 aliphatic rings. The third-order valence-electron chi connectivity index (χ3n) is 7.06. The summed E-state index contributed by atoms with van der Waals surface area (Å²) in [6.07, 6.45) is -3.01. The van der Waals surface area contributed by atoms with Gasteiger partial charge >= 0.3 is 12.1 Å². The van der Waals surface area contributed by atoms with Gasteiger partial charge in [-0.2, -0.15) is 13.2 Å². The van der Waals surface area contributed by atoms with Crippen molar-refractivity contribution in [2.75, 3.05) is 13.1 Å². The number of rotatable bonds is 6. The summed E-state index contributed by atoms with van der Waals surface area (Å²) in [7, 11) is 0. The van der Waals surface area contributed by atoms with E-state index in [1.54, 1.807) is 37.3 Å². The first-order valence-corrected chi connectivity index (χ1v) is 12.7. The number of alkyl halides is 3. The zero-order valence-corrected chi connectivity index (χ0v) is 21.6. The number of allylic oxidation sites excluding steroid dienone is 2. The second-order valence-corrected chi connectivity index (χ2v) is 9.77. The Morgan fingerprint density at radius 1 is 1.07 bits per heavy atom. The molecule has 8 nitrogen and oxygen atoms in total. The van der Waals surface area contributed by atoms with Crippen LogP contribution in [0.5, 0.6) is 5.75 Å². The number of likely N-dealkylation sites (tertiary alicyclic amines) is 1. The molecule has 1 saturated heterocycles. The fourth-order valence-electron chi connectivity index (χ4n) is 4.87. The molecule has 6 rings (SSSR count). The summed E-state index contributed by atoms with van der Waals surface area (Å²) in [5.74, 6) is 0.0211. The molecule has 11 heteroatoms. The van der Waals surface area contributed by atoms with Crippen LogP contribution in [0.15, 0.2) is 69.4 Å². The van der Waals surface area contributed by atoms with Gasteiger partial charge in [-0.1, -0.05) is 46.7 Å². The summed E-state index contributed by atoms with van der Waals surface area (Å²) in [5.41, 5.74) is 1.21. The van der Waals surface area contributed by atoms with Gasteiger partial charge < -0.3 is 18.5 Å². The molecular weight excluding hydrogens is 527 g/mol. The second kappa shape index (κ2) is 9.98. The SMILES string of the molecule is C/C=C(\C)OC(=O)C1CN(Cc2ccc3c(c2)OCc2c-3noc2-c2onc(-c3ccccc3)c2C(F)(F)F)C1. The Kier molecular flexibility index (Phi) is 6.46. The molecule has 2 aromatic heterocycles. The van der Waals surface area contributed by atoms with E-state index in [9.17, 15) is 18.0 Å². The number of esters is 1. The van der Waals surface area contributed by atoms with Gasteiger partial charge in [0.15, 0.2) is 0 Å². The first-order chi connectivity index (χ1) is 19.2. The Bertz CT molecular complexity index is 1600. The van der Waals surface area contributed by atoms with Crippen LogP contribution in [0.3, 0.4) is 0 Å². The molecular formula is C29H24F3N3O5. The van der Waals surface area contributed by atoms with Crippen molar-refractivity contribution in [1.82, 2.24) is 15.2 Å². The van der Waals surface area contributed by atoms with Crippen LogP contribution in [0.2, 0.25) is 0 Å². The van der Waals surface area contributed by atoms with E-state index in [2.05, 4.69) is 15.2 Å². The molecule has 0 radical (unpaired) electrons. The van der Waals surface area contributed by atoms with E-state index < -0.39 is 17.5 Å². The zero-order valence-electron chi connectivity index (χ0n) is 21.6. The van der Waals surface area contributed by atoms with Gasteiger partial charge in [-0.3, -0.25) is 9.69 Å². The Morgan fingerprint density at radius 2 is 1.80 bits per heavy atom. The lowest BCUT2D eigenvalue weighted by Crippen LogP contribution is -2.50. The minimum Gasteiger partial charge on any atom is -0.488 e. The van der Waals surface area contributed by atoms with Crippen LogP contribution in [-0.2, 0) is 28.9 Å². The Hall–Kier alpha value is -4.38. The number of nitrogens with zero attached hydrogens (tertiary/aromatic N) is 3. The fraction of sp³-hybridized carbons (Fsp3) is 0.276. The van der Waals surface area contributed by atoms with Crippen LogP contribution >= 0.6 is 0 Å². The fourth-order valence-corrected chi connectivity index (χ4v) is 4.87. The van der Waals surface area contributed by atoms with Crippen LogP contribution in [0.4, 0.5) is 13.2 Å². The van der Waals surface area contributed by atoms with E-state index >= 15 is 0 Å². The molecule has 0 unspecified atom stereocenters. The minimum atomic E-state index is -4.75. The molecule has 4 heterocycles. The third-order valence-corrected chi connectivity index (χ3v) is 7.06. The van der Waals surface area contributed by atoms with Crippen molar-refractivity contribution in [1.29, 1.82) is 0 Å². The van der Waals surface area contributed by atoms with E-state index in [1.807, 2.05) is 19.1 Å². The van der Waals surface area contributed by atoms with Crippen molar-refractivity contribution in [3.8, 4) is 39.8 Å². The molecule has 2 aliphatic heterocycles. The number of fused-ring (bicyclic) bond motifs is 3. The third kappa shape index (κ3) is 4.66. The number of hydrogen-bond donors (Lipinski definition) is 0. The van der Waals surface area contributed by atoms with E-state index in [0.29, 0.717) is 48.0 Å². The summed E-state index contributed by atoms with van der Waals surface area (Å²) in [6.45, 7) is 5.29. The van der Waals surface area contributed by atoms with Crippen LogP contribution in [0, 0.1) is 5.92 Å². The number of aromatic nitrogens is 2. The summed E-state index contributed by atoms with van der Waals surface area (Å²) in [4.78, 5) is 14.3. The summed E-state index contributed by atoms with van der Waals surface area (Å²) in [5, 5.41) is 7.81. The Labute approximate surface area is 226 Å². The second-order valence-electron chi connectivity index (χ2n) is 9.77. The van der Waals surface area contributed by atoms with Gasteiger partial charge in [0.2, 0.25) is 11.5 Å². The van der Waals surface area contributed by atoms with Gasteiger partial charge in [-0.05, 0) is 37.6 Å². The lowest BCUT2D eigenvalue weighted by Gasteiger charge is -2.37. The van der Waals surface area contributed by atoms with Gasteiger partial charge in [0.1, 0.15) is 35.1 Å². The lowest BCUT2D eigenvalue weighted by molar-refractivity contribution is -0.150. The quantitative estimate of drug-likeness (QED) is 0.199. The van der Waals surface area contributed by atoms with Crippen molar-refractivity contribution in [2.24, 2.45) is 5.92 Å². The predicted molar refractivity (Wildman–Crippen MR) is 136 cm³/mol. The number of carbonyl (C=O) groups is 1. The topological polar surface area (TPSA) is 90.8 Å². The van der Waals surface area contributed by atoms with Crippen molar-refractivity contribution in [3.05, 3.63) is 77.1 Å². The van der Waals surface area contributed by atoms with Gasteiger partial charge in [-0.25, -0.2) is 0 Å². The van der Waals surface area contributed by atoms with Crippen LogP contribution in [0.25, 0.3) is 34.0 Å². The van der Waals surface area contributed by atoms with Crippen molar-refractivity contribution in [3.63, 3.8) is 0 Å². The number of hydrogen-bond acceptors (Lipinski definition) is 8. The van der Waals surface area contributed by atoms with Crippen molar-refractivity contribution < 1.29 is 36.5 Å². The summed E-state index contributed by atoms with van der Waals surface area (Å²) >= 11 is 0. The Morgan fingerprint density at radius 3 is 2.52 bits per heavy atom. The standard InChI is InChI=1S/C29H24F3N3O5/c1-3-16(2)38-28(36)19-13-35(14-19)12-17-9-10-20-22(11-17)37-15-21-25(20)34-39-26(21)27-23(29(30,31)32)24(33-40-27)18-7-5-4-6-8-18/h3-11,19H,12-15H2,1-2H3/b16-3+. The average Bonchev–Trinajstić information content (AvgIpc) is 3.55. The molecule has 0 N–H and O–H groups in total. The normalized spacial score (nSPS) is 15.7. The Balaban J connectivity index is 1.23. The maximum atomic E-state index is 14.2. The van der Waals surface area contributed by atoms with E-state index in [0.717, 1.165) is 5.56 Å². The van der Waals surface area contributed by atoms with Gasteiger partial charge in [-0.15, -0.1) is 0 Å². The predicted octanol–water partition coefficient (Wildman–Crippen LogP) is 6.47. The first-order valence-electron chi connectivity index (χ1n) is 12.7. The molecule has 0 atom stereocenters. The molecule has 0 aliphatic carbocycles. The number of carbonyl (C=O) groups excluding carboxylic acids is 1. The van der Waals surface area contributed by atoms with Crippen molar-refractivity contribution >= 4 is 5.97 Å². The highest BCUT2D eigenvalue weighted by Crippen LogP contribution is 2.47. The maximum absolute atomic E-state index is 14.2. The maximum Gasteiger partial charge on any atom is 0.422 e. The van der Waals surface area contributed by atoms with Gasteiger partial charge in [0.25, 0.3) is 0 Å². The van der Waals surface area contributed by atoms with Gasteiger partial charge in [0.05, 0.1) is 11.5 Å². The van der Waals surface area contributed by atoms with E-state index in [1.165, 1.54) is 12.1 Å². The molecule has 4 aromatic rings. The molecule has 0 spiro atoms. The summed E-state index contributed by atoms with van der Waals surface area (Å²) in [6, 6.07) is 13.6. The monoisotopic (exact) mass is 551 g/mol. The van der Waals surface area contributed by atoms with E-state index in [-0.39, 0.29) is 35.5 Å². The molecule has 206 valence electrons. The molecule has 0 amide bonds. The van der Waals surface area contributed by atoms with Crippen LogP contribution < -0.4 is 4.74 Å². The van der Waals surface area contributed by atoms with E-state index in [4.69, 9.17) is 18.5 Å². The molecule has 0 bridgehead atoms. The molecule has 1 fully saturated rings. The lowest BCUT2D eigenvalue weighted by atomic mass is 9.97. The molecule has 0 saturated carbocycles. The largest absolute Gasteiger partial charge is 0.488 e. The first kappa shape index (κ1) is 25.9. The highest BCUT2D eigenvalue weighted by molar-refractivity contribution is 5.80. The summed E-state index contributed by atoms with van der Waals surface area (Å²) < 4.78 is 64.4.